The summed E-state index contributed by atoms with van der Waals surface area (Å²) in [7, 11) is 0.0665. The molecular weight excluding hydrogens is 446 g/mol. The number of nitrogens with zero attached hydrogens (tertiary/aromatic N) is 2. The Morgan fingerprint density at radius 2 is 1.68 bits per heavy atom. The number of hydrogen-bond donors (Lipinski definition) is 1. The minimum atomic E-state index is -3.88. The first-order valence-electron chi connectivity index (χ1n) is 11.4. The fourth-order valence-electron chi connectivity index (χ4n) is 4.31. The first kappa shape index (κ1) is 24.0. The highest BCUT2D eigenvalue weighted by molar-refractivity contribution is 7.89. The molecular formula is C27H31N3O3S. The Morgan fingerprint density at radius 3 is 2.35 bits per heavy atom. The number of aryl methyl sites for hydroxylation is 2. The van der Waals surface area contributed by atoms with Gasteiger partial charge in [-0.05, 0) is 66.3 Å². The maximum Gasteiger partial charge on any atom is 0.244 e. The highest BCUT2D eigenvalue weighted by atomic mass is 32.2. The lowest BCUT2D eigenvalue weighted by Crippen LogP contribution is -2.52. The molecule has 0 spiro atoms. The van der Waals surface area contributed by atoms with E-state index in [1.54, 1.807) is 13.0 Å². The quantitative estimate of drug-likeness (QED) is 0.586. The summed E-state index contributed by atoms with van der Waals surface area (Å²) in [5.74, 6) is -0.292. The molecule has 6 nitrogen and oxygen atoms in total. The number of amides is 1. The van der Waals surface area contributed by atoms with Crippen LogP contribution in [0.25, 0.3) is 0 Å². The molecule has 1 N–H and O–H groups in total. The van der Waals surface area contributed by atoms with E-state index in [4.69, 9.17) is 0 Å². The topological polar surface area (TPSA) is 69.7 Å². The molecule has 178 valence electrons. The minimum absolute atomic E-state index is 0.168. The fraction of sp³-hybridized carbons (Fsp3) is 0.296. The van der Waals surface area contributed by atoms with E-state index in [0.29, 0.717) is 18.5 Å². The van der Waals surface area contributed by atoms with Gasteiger partial charge in [0.1, 0.15) is 6.04 Å². The normalized spacial score (nSPS) is 16.1. The molecule has 3 aromatic rings. The van der Waals surface area contributed by atoms with Crippen LogP contribution in [0.3, 0.4) is 0 Å². The number of carbonyl (C=O) groups is 1. The van der Waals surface area contributed by atoms with Gasteiger partial charge in [0.2, 0.25) is 15.9 Å². The van der Waals surface area contributed by atoms with Crippen LogP contribution < -0.4 is 10.2 Å². The number of rotatable bonds is 6. The molecule has 0 aromatic heterocycles. The van der Waals surface area contributed by atoms with Gasteiger partial charge in [-0.1, -0.05) is 48.5 Å². The van der Waals surface area contributed by atoms with Crippen LogP contribution in [0.5, 0.6) is 0 Å². The zero-order valence-electron chi connectivity index (χ0n) is 20.1. The van der Waals surface area contributed by atoms with E-state index >= 15 is 0 Å². The smallest absolute Gasteiger partial charge is 0.244 e. The van der Waals surface area contributed by atoms with Crippen molar-refractivity contribution in [3.05, 3.63) is 94.5 Å². The number of sulfonamides is 1. The molecule has 1 unspecified atom stereocenters. The van der Waals surface area contributed by atoms with Gasteiger partial charge in [0.05, 0.1) is 4.90 Å². The van der Waals surface area contributed by atoms with Crippen LogP contribution >= 0.6 is 0 Å². The Hall–Kier alpha value is -3.16. The molecule has 1 heterocycles. The molecule has 0 radical (unpaired) electrons. The van der Waals surface area contributed by atoms with Gasteiger partial charge in [-0.2, -0.15) is 4.31 Å². The molecule has 1 amide bonds. The van der Waals surface area contributed by atoms with E-state index in [2.05, 4.69) is 5.32 Å². The fourth-order valence-corrected chi connectivity index (χ4v) is 6.18. The van der Waals surface area contributed by atoms with Crippen molar-refractivity contribution in [1.82, 2.24) is 9.62 Å². The molecule has 1 atom stereocenters. The third kappa shape index (κ3) is 4.86. The van der Waals surface area contributed by atoms with Gasteiger partial charge in [-0.15, -0.1) is 0 Å². The highest BCUT2D eigenvalue weighted by Crippen LogP contribution is 2.31. The number of hydrogen-bond acceptors (Lipinski definition) is 4. The molecule has 34 heavy (non-hydrogen) atoms. The Labute approximate surface area is 202 Å². The van der Waals surface area contributed by atoms with Crippen molar-refractivity contribution in [3.63, 3.8) is 0 Å². The highest BCUT2D eigenvalue weighted by Gasteiger charge is 2.40. The molecule has 3 aromatic carbocycles. The molecule has 7 heteroatoms. The summed E-state index contributed by atoms with van der Waals surface area (Å²) in [5.41, 5.74) is 5.50. The minimum Gasteiger partial charge on any atom is -0.378 e. The summed E-state index contributed by atoms with van der Waals surface area (Å²) in [4.78, 5) is 15.6. The predicted octanol–water partition coefficient (Wildman–Crippen LogP) is 3.80. The number of carbonyl (C=O) groups excluding carboxylic acids is 1. The Morgan fingerprint density at radius 1 is 1.00 bits per heavy atom. The summed E-state index contributed by atoms with van der Waals surface area (Å²) >= 11 is 0. The number of fused-ring (bicyclic) bond motifs is 1. The third-order valence-electron chi connectivity index (χ3n) is 6.36. The summed E-state index contributed by atoms with van der Waals surface area (Å²) in [6.07, 6.45) is 0.339. The van der Waals surface area contributed by atoms with E-state index in [1.807, 2.05) is 86.6 Å². The maximum atomic E-state index is 13.8. The molecule has 0 fully saturated rings. The largest absolute Gasteiger partial charge is 0.378 e. The van der Waals surface area contributed by atoms with Crippen LogP contribution in [0.1, 0.15) is 27.8 Å². The lowest BCUT2D eigenvalue weighted by atomic mass is 9.95. The first-order valence-corrected chi connectivity index (χ1v) is 12.8. The van der Waals surface area contributed by atoms with Gasteiger partial charge >= 0.3 is 0 Å². The second-order valence-corrected chi connectivity index (χ2v) is 10.9. The maximum absolute atomic E-state index is 13.8. The summed E-state index contributed by atoms with van der Waals surface area (Å²) in [6.45, 7) is 4.16. The first-order chi connectivity index (χ1) is 16.2. The standard InChI is InChI=1S/C27H31N3O3S/c1-19-9-10-20(2)26(15-19)34(32,33)30-18-23-8-6-5-7-22(23)16-25(30)27(31)28-17-21-11-13-24(14-12-21)29(3)4/h5-15,25H,16-18H2,1-4H3,(H,28,31). The number of benzene rings is 3. The molecule has 0 bridgehead atoms. The summed E-state index contributed by atoms with van der Waals surface area (Å²) in [6, 6.07) is 20.2. The van der Waals surface area contributed by atoms with Gasteiger partial charge in [-0.25, -0.2) is 8.42 Å². The van der Waals surface area contributed by atoms with Crippen LogP contribution in [0.4, 0.5) is 5.69 Å². The van der Waals surface area contributed by atoms with Gasteiger partial charge < -0.3 is 10.2 Å². The van der Waals surface area contributed by atoms with Crippen LogP contribution in [0, 0.1) is 13.8 Å². The predicted molar refractivity (Wildman–Crippen MR) is 135 cm³/mol. The monoisotopic (exact) mass is 477 g/mol. The van der Waals surface area contributed by atoms with Gasteiger partial charge in [0.15, 0.2) is 0 Å². The van der Waals surface area contributed by atoms with Crippen LogP contribution in [0.2, 0.25) is 0 Å². The van der Waals surface area contributed by atoms with Crippen LogP contribution in [-0.4, -0.2) is 38.8 Å². The average molecular weight is 478 g/mol. The van der Waals surface area contributed by atoms with Crippen molar-refractivity contribution < 1.29 is 13.2 Å². The molecule has 0 saturated heterocycles. The van der Waals surface area contributed by atoms with Crippen molar-refractivity contribution in [1.29, 1.82) is 0 Å². The van der Waals surface area contributed by atoms with E-state index in [0.717, 1.165) is 27.9 Å². The lowest BCUT2D eigenvalue weighted by Gasteiger charge is -2.35. The number of anilines is 1. The zero-order chi connectivity index (χ0) is 24.5. The van der Waals surface area contributed by atoms with Crippen molar-refractivity contribution in [3.8, 4) is 0 Å². The summed E-state index contributed by atoms with van der Waals surface area (Å²) < 4.78 is 29.0. The van der Waals surface area contributed by atoms with Gasteiger partial charge in [-0.3, -0.25) is 4.79 Å². The van der Waals surface area contributed by atoms with Crippen molar-refractivity contribution in [2.24, 2.45) is 0 Å². The molecule has 1 aliphatic heterocycles. The molecule has 0 saturated carbocycles. The average Bonchev–Trinajstić information content (AvgIpc) is 2.83. The van der Waals surface area contributed by atoms with E-state index < -0.39 is 16.1 Å². The van der Waals surface area contributed by atoms with E-state index in [-0.39, 0.29) is 17.3 Å². The van der Waals surface area contributed by atoms with Gasteiger partial charge in [0.25, 0.3) is 0 Å². The van der Waals surface area contributed by atoms with Gasteiger partial charge in [0, 0.05) is 32.9 Å². The van der Waals surface area contributed by atoms with Crippen molar-refractivity contribution >= 4 is 21.6 Å². The molecule has 4 rings (SSSR count). The lowest BCUT2D eigenvalue weighted by molar-refractivity contribution is -0.125. The SMILES string of the molecule is Cc1ccc(C)c(S(=O)(=O)N2Cc3ccccc3CC2C(=O)NCc2ccc(N(C)C)cc2)c1. The summed E-state index contributed by atoms with van der Waals surface area (Å²) in [5, 5.41) is 2.97. The Kier molecular flexibility index (Phi) is 6.77. The second kappa shape index (κ2) is 9.60. The second-order valence-electron chi connectivity index (χ2n) is 9.09. The molecule has 1 aliphatic rings. The van der Waals surface area contributed by atoms with E-state index in [9.17, 15) is 13.2 Å². The Bertz CT molecular complexity index is 1300. The Balaban J connectivity index is 1.62. The number of nitrogens with one attached hydrogen (secondary N) is 1. The van der Waals surface area contributed by atoms with E-state index in [1.165, 1.54) is 4.31 Å². The zero-order valence-corrected chi connectivity index (χ0v) is 20.9. The van der Waals surface area contributed by atoms with Crippen LogP contribution in [0.15, 0.2) is 71.6 Å². The van der Waals surface area contributed by atoms with Crippen molar-refractivity contribution in [2.45, 2.75) is 44.3 Å². The molecule has 0 aliphatic carbocycles. The van der Waals surface area contributed by atoms with Crippen LogP contribution in [-0.2, 0) is 34.3 Å². The third-order valence-corrected chi connectivity index (χ3v) is 8.35. The van der Waals surface area contributed by atoms with Crippen molar-refractivity contribution in [2.75, 3.05) is 19.0 Å².